The van der Waals surface area contributed by atoms with Gasteiger partial charge in [0.05, 0.1) is 11.2 Å². The molecular weight excluding hydrogens is 621 g/mol. The number of hydrogen-bond donors (Lipinski definition) is 3. The van der Waals surface area contributed by atoms with Crippen LogP contribution in [0.3, 0.4) is 0 Å². The highest BCUT2D eigenvalue weighted by atomic mass is 16.7. The lowest BCUT2D eigenvalue weighted by Crippen LogP contribution is -2.44. The molecule has 1 saturated heterocycles. The Morgan fingerprint density at radius 2 is 1.14 bits per heavy atom. The van der Waals surface area contributed by atoms with Crippen molar-refractivity contribution >= 4 is 41.8 Å². The molecule has 10 nitrogen and oxygen atoms in total. The molecular formula is C38H52BN3O7. The molecule has 0 spiro atoms. The number of carbonyl (C=O) groups is 3. The Morgan fingerprint density at radius 3 is 1.59 bits per heavy atom. The number of anilines is 2. The first-order chi connectivity index (χ1) is 22.5. The Morgan fingerprint density at radius 1 is 0.714 bits per heavy atom. The summed E-state index contributed by atoms with van der Waals surface area (Å²) in [5.41, 5.74) is 14.2. The highest BCUT2D eigenvalue weighted by molar-refractivity contribution is 6.62. The molecule has 0 aromatic heterocycles. The van der Waals surface area contributed by atoms with Gasteiger partial charge in [-0.1, -0.05) is 36.4 Å². The number of amides is 1. The number of nitrogen functional groups attached to an aromatic ring is 2. The van der Waals surface area contributed by atoms with Crippen molar-refractivity contribution in [3.8, 4) is 11.1 Å². The zero-order valence-corrected chi connectivity index (χ0v) is 30.5. The van der Waals surface area contributed by atoms with E-state index in [0.29, 0.717) is 11.3 Å². The summed E-state index contributed by atoms with van der Waals surface area (Å²) in [4.78, 5) is 37.7. The molecule has 49 heavy (non-hydrogen) atoms. The third-order valence-electron chi connectivity index (χ3n) is 7.91. The van der Waals surface area contributed by atoms with Crippen molar-refractivity contribution < 1.29 is 33.2 Å². The molecule has 4 rings (SSSR count). The Balaban J connectivity index is 0.000000337. The minimum atomic E-state index is -0.985. The molecule has 264 valence electrons. The molecule has 0 aliphatic carbocycles. The number of rotatable bonds is 8. The summed E-state index contributed by atoms with van der Waals surface area (Å²) in [6.45, 7) is 18.7. The second-order valence-corrected chi connectivity index (χ2v) is 15.1. The van der Waals surface area contributed by atoms with E-state index in [4.69, 9.17) is 30.2 Å². The summed E-state index contributed by atoms with van der Waals surface area (Å²) < 4.78 is 22.6. The maximum atomic E-state index is 12.8. The van der Waals surface area contributed by atoms with E-state index in [2.05, 4.69) is 5.32 Å². The normalized spacial score (nSPS) is 15.8. The quantitative estimate of drug-likeness (QED) is 0.147. The SMILES string of the molecule is CC(C)(C)OC(=O)CCC(NC(=O)c1ccc(-c2ccc(N)cc2)cc1)C(=O)OC(C)(C)C.CC1(C)OB(c2ccc(N)cc2)OC1(C)C. The molecule has 1 aliphatic rings. The maximum Gasteiger partial charge on any atom is 0.494 e. The van der Waals surface area contributed by atoms with Crippen LogP contribution in [0.5, 0.6) is 0 Å². The van der Waals surface area contributed by atoms with Gasteiger partial charge >= 0.3 is 19.1 Å². The second-order valence-electron chi connectivity index (χ2n) is 15.1. The van der Waals surface area contributed by atoms with Gasteiger partial charge in [0.15, 0.2) is 0 Å². The van der Waals surface area contributed by atoms with Gasteiger partial charge in [-0.2, -0.15) is 0 Å². The number of benzene rings is 3. The number of carbonyl (C=O) groups excluding carboxylic acids is 3. The predicted molar refractivity (Wildman–Crippen MR) is 195 cm³/mol. The van der Waals surface area contributed by atoms with Gasteiger partial charge in [-0.05, 0) is 129 Å². The molecule has 1 amide bonds. The van der Waals surface area contributed by atoms with Crippen LogP contribution in [0.25, 0.3) is 11.1 Å². The lowest BCUT2D eigenvalue weighted by molar-refractivity contribution is -0.158. The fourth-order valence-corrected chi connectivity index (χ4v) is 4.64. The van der Waals surface area contributed by atoms with Crippen molar-refractivity contribution in [2.24, 2.45) is 0 Å². The summed E-state index contributed by atoms with van der Waals surface area (Å²) >= 11 is 0. The van der Waals surface area contributed by atoms with Crippen LogP contribution in [-0.2, 0) is 28.4 Å². The third kappa shape index (κ3) is 11.9. The first kappa shape index (κ1) is 39.1. The summed E-state index contributed by atoms with van der Waals surface area (Å²) in [6.07, 6.45) is 0.0383. The van der Waals surface area contributed by atoms with Crippen LogP contribution >= 0.6 is 0 Å². The largest absolute Gasteiger partial charge is 0.494 e. The van der Waals surface area contributed by atoms with Gasteiger partial charge < -0.3 is 35.6 Å². The van der Waals surface area contributed by atoms with E-state index < -0.39 is 35.1 Å². The summed E-state index contributed by atoms with van der Waals surface area (Å²) in [6, 6.07) is 21.1. The second kappa shape index (κ2) is 15.5. The minimum Gasteiger partial charge on any atom is -0.460 e. The molecule has 1 aliphatic heterocycles. The van der Waals surface area contributed by atoms with Crippen LogP contribution in [0, 0.1) is 0 Å². The third-order valence-corrected chi connectivity index (χ3v) is 7.91. The van der Waals surface area contributed by atoms with E-state index in [9.17, 15) is 14.4 Å². The fraction of sp³-hybridized carbons (Fsp3) is 0.447. The number of nitrogens with two attached hydrogens (primary N) is 2. The Hall–Kier alpha value is -4.35. The molecule has 3 aromatic rings. The van der Waals surface area contributed by atoms with Gasteiger partial charge in [-0.25, -0.2) is 4.79 Å². The van der Waals surface area contributed by atoms with E-state index in [1.807, 2.05) is 88.4 Å². The average Bonchev–Trinajstić information content (AvgIpc) is 3.20. The predicted octanol–water partition coefficient (Wildman–Crippen LogP) is 6.07. The fourth-order valence-electron chi connectivity index (χ4n) is 4.64. The lowest BCUT2D eigenvalue weighted by atomic mass is 9.79. The van der Waals surface area contributed by atoms with Gasteiger partial charge in [0.25, 0.3) is 5.91 Å². The van der Waals surface area contributed by atoms with Crippen LogP contribution in [0.2, 0.25) is 0 Å². The zero-order valence-electron chi connectivity index (χ0n) is 30.5. The highest BCUT2D eigenvalue weighted by Gasteiger charge is 2.51. The smallest absolute Gasteiger partial charge is 0.460 e. The topological polar surface area (TPSA) is 152 Å². The summed E-state index contributed by atoms with van der Waals surface area (Å²) in [5, 5.41) is 2.70. The molecule has 0 bridgehead atoms. The van der Waals surface area contributed by atoms with Crippen LogP contribution in [0.4, 0.5) is 11.4 Å². The molecule has 1 unspecified atom stereocenters. The molecule has 11 heteroatoms. The van der Waals surface area contributed by atoms with Gasteiger partial charge in [-0.15, -0.1) is 0 Å². The lowest BCUT2D eigenvalue weighted by Gasteiger charge is -2.32. The molecule has 3 aromatic carbocycles. The first-order valence-corrected chi connectivity index (χ1v) is 16.5. The Bertz CT molecular complexity index is 1560. The van der Waals surface area contributed by atoms with Gasteiger partial charge in [-0.3, -0.25) is 9.59 Å². The van der Waals surface area contributed by atoms with Crippen molar-refractivity contribution in [2.45, 2.75) is 111 Å². The summed E-state index contributed by atoms with van der Waals surface area (Å²) in [5.74, 6) is -1.48. The van der Waals surface area contributed by atoms with Gasteiger partial charge in [0, 0.05) is 23.4 Å². The van der Waals surface area contributed by atoms with E-state index >= 15 is 0 Å². The number of hydrogen-bond acceptors (Lipinski definition) is 9. The van der Waals surface area contributed by atoms with Crippen molar-refractivity contribution in [3.63, 3.8) is 0 Å². The van der Waals surface area contributed by atoms with E-state index in [1.165, 1.54) is 0 Å². The van der Waals surface area contributed by atoms with Crippen LogP contribution in [0.15, 0.2) is 72.8 Å². The van der Waals surface area contributed by atoms with Crippen LogP contribution in [0.1, 0.15) is 92.4 Å². The van der Waals surface area contributed by atoms with Gasteiger partial charge in [0.2, 0.25) is 0 Å². The van der Waals surface area contributed by atoms with E-state index in [1.54, 1.807) is 53.7 Å². The Kier molecular flexibility index (Phi) is 12.3. The molecule has 0 radical (unpaired) electrons. The van der Waals surface area contributed by atoms with Crippen molar-refractivity contribution in [1.82, 2.24) is 5.32 Å². The van der Waals surface area contributed by atoms with E-state index in [-0.39, 0.29) is 31.2 Å². The van der Waals surface area contributed by atoms with E-state index in [0.717, 1.165) is 22.3 Å². The number of esters is 2. The summed E-state index contributed by atoms with van der Waals surface area (Å²) in [7, 11) is -0.300. The maximum absolute atomic E-state index is 12.8. The monoisotopic (exact) mass is 673 g/mol. The molecule has 1 fully saturated rings. The first-order valence-electron chi connectivity index (χ1n) is 16.5. The van der Waals surface area contributed by atoms with Crippen molar-refractivity contribution in [2.75, 3.05) is 11.5 Å². The Labute approximate surface area is 291 Å². The molecule has 0 saturated carbocycles. The molecule has 1 heterocycles. The standard InChI is InChI=1S/C26H34N2O5.C12H18BNO2/c1-25(2,3)32-22(29)16-15-21(24(31)33-26(4,5)6)28-23(30)19-9-7-17(8-10-19)18-11-13-20(27)14-12-18;1-11(2)12(3,4)16-13(15-11)9-5-7-10(14)8-6-9/h7-14,21H,15-16,27H2,1-6H3,(H,28,30);5-8H,14H2,1-4H3. The number of ether oxygens (including phenoxy) is 2. The van der Waals surface area contributed by atoms with Crippen LogP contribution < -0.4 is 22.2 Å². The van der Waals surface area contributed by atoms with Crippen LogP contribution in [-0.4, -0.2) is 53.4 Å². The minimum absolute atomic E-state index is 0.0302. The molecule has 1 atom stereocenters. The zero-order chi connectivity index (χ0) is 36.8. The van der Waals surface area contributed by atoms with Crippen molar-refractivity contribution in [1.29, 1.82) is 0 Å². The van der Waals surface area contributed by atoms with Crippen molar-refractivity contribution in [3.05, 3.63) is 78.4 Å². The molecule has 5 N–H and O–H groups in total. The van der Waals surface area contributed by atoms with Gasteiger partial charge in [0.1, 0.15) is 17.2 Å². The average molecular weight is 674 g/mol. The number of nitrogens with one attached hydrogen (secondary N) is 1. The highest BCUT2D eigenvalue weighted by Crippen LogP contribution is 2.36.